The third-order valence-corrected chi connectivity index (χ3v) is 3.33. The molecule has 0 aromatic carbocycles. The molecule has 0 aliphatic heterocycles. The van der Waals surface area contributed by atoms with E-state index in [1.807, 2.05) is 0 Å². The largest absolute Gasteiger partial charge is 0.0654 e. The van der Waals surface area contributed by atoms with Gasteiger partial charge in [0.25, 0.3) is 0 Å². The Morgan fingerprint density at radius 1 is 1.45 bits per heavy atom. The lowest BCUT2D eigenvalue weighted by Crippen LogP contribution is -2.02. The number of hydrogen-bond acceptors (Lipinski definition) is 0. The average Bonchev–Trinajstić information content (AvgIpc) is 2.60. The van der Waals surface area contributed by atoms with Crippen LogP contribution in [0.5, 0.6) is 0 Å². The third kappa shape index (κ3) is 1.98. The summed E-state index contributed by atoms with van der Waals surface area (Å²) in [5, 5.41) is 0. The van der Waals surface area contributed by atoms with Crippen LogP contribution in [0.1, 0.15) is 53.4 Å². The van der Waals surface area contributed by atoms with Gasteiger partial charge in [-0.2, -0.15) is 0 Å². The van der Waals surface area contributed by atoms with Crippen LogP contribution in [0, 0.1) is 17.3 Å². The highest BCUT2D eigenvalue weighted by Crippen LogP contribution is 2.59. The number of unbranched alkanes of at least 4 members (excludes halogenated alkanes) is 1. The first-order valence-electron chi connectivity index (χ1n) is 5.10. The summed E-state index contributed by atoms with van der Waals surface area (Å²) in [6, 6.07) is 0. The number of hydrogen-bond donors (Lipinski definition) is 0. The van der Waals surface area contributed by atoms with Crippen molar-refractivity contribution in [2.75, 3.05) is 0 Å². The lowest BCUT2D eigenvalue weighted by molar-refractivity contribution is 0.386. The van der Waals surface area contributed by atoms with E-state index in [4.69, 9.17) is 0 Å². The molecule has 1 fully saturated rings. The lowest BCUT2D eigenvalue weighted by Gasteiger charge is -2.12. The second kappa shape index (κ2) is 3.16. The quantitative estimate of drug-likeness (QED) is 0.577. The van der Waals surface area contributed by atoms with Crippen LogP contribution in [0.2, 0.25) is 0 Å². The molecule has 0 amide bonds. The molecule has 1 aliphatic carbocycles. The molecule has 1 aliphatic rings. The normalized spacial score (nSPS) is 36.3. The van der Waals surface area contributed by atoms with E-state index in [0.29, 0.717) is 0 Å². The zero-order chi connectivity index (χ0) is 8.48. The molecule has 0 aromatic rings. The molecule has 0 nitrogen and oxygen atoms in total. The smallest absolute Gasteiger partial charge is 0.0292 e. The molecular weight excluding hydrogens is 132 g/mol. The fourth-order valence-electron chi connectivity index (χ4n) is 2.35. The minimum Gasteiger partial charge on any atom is -0.0654 e. The molecule has 2 atom stereocenters. The van der Waals surface area contributed by atoms with E-state index in [0.717, 1.165) is 17.3 Å². The maximum atomic E-state index is 2.47. The lowest BCUT2D eigenvalue weighted by atomic mass is 9.94. The van der Waals surface area contributed by atoms with Crippen LogP contribution in [0.3, 0.4) is 0 Å². The summed E-state index contributed by atoms with van der Waals surface area (Å²) < 4.78 is 0. The van der Waals surface area contributed by atoms with Gasteiger partial charge in [-0.25, -0.2) is 0 Å². The zero-order valence-electron chi connectivity index (χ0n) is 8.48. The molecule has 11 heavy (non-hydrogen) atoms. The fraction of sp³-hybridized carbons (Fsp3) is 1.00. The van der Waals surface area contributed by atoms with Crippen molar-refractivity contribution >= 4 is 0 Å². The van der Waals surface area contributed by atoms with Gasteiger partial charge in [0.05, 0.1) is 0 Å². The van der Waals surface area contributed by atoms with Gasteiger partial charge in [0.1, 0.15) is 0 Å². The molecule has 0 aromatic heterocycles. The standard InChI is InChI=1S/C11H22/c1-5-6-7-11(4)8-10(11)9(2)3/h9-10H,5-8H2,1-4H3. The van der Waals surface area contributed by atoms with Gasteiger partial charge in [0.2, 0.25) is 0 Å². The van der Waals surface area contributed by atoms with Crippen molar-refractivity contribution in [3.63, 3.8) is 0 Å². The molecule has 0 radical (unpaired) electrons. The molecule has 1 saturated carbocycles. The predicted octanol–water partition coefficient (Wildman–Crippen LogP) is 3.86. The van der Waals surface area contributed by atoms with E-state index in [1.54, 1.807) is 0 Å². The second-order valence-corrected chi connectivity index (χ2v) is 4.81. The van der Waals surface area contributed by atoms with Crippen LogP contribution in [-0.4, -0.2) is 0 Å². The van der Waals surface area contributed by atoms with Crippen LogP contribution >= 0.6 is 0 Å². The highest BCUT2D eigenvalue weighted by atomic mass is 14.5. The summed E-state index contributed by atoms with van der Waals surface area (Å²) in [6.07, 6.45) is 5.75. The summed E-state index contributed by atoms with van der Waals surface area (Å²) in [4.78, 5) is 0. The molecule has 1 rings (SSSR count). The van der Waals surface area contributed by atoms with E-state index in [2.05, 4.69) is 27.7 Å². The first-order chi connectivity index (χ1) is 5.10. The topological polar surface area (TPSA) is 0 Å². The Kier molecular flexibility index (Phi) is 2.61. The summed E-state index contributed by atoms with van der Waals surface area (Å²) >= 11 is 0. The molecule has 0 saturated heterocycles. The van der Waals surface area contributed by atoms with Crippen molar-refractivity contribution in [1.82, 2.24) is 0 Å². The Morgan fingerprint density at radius 2 is 2.09 bits per heavy atom. The van der Waals surface area contributed by atoms with Gasteiger partial charge >= 0.3 is 0 Å². The van der Waals surface area contributed by atoms with Crippen LogP contribution in [-0.2, 0) is 0 Å². The van der Waals surface area contributed by atoms with Gasteiger partial charge in [-0.15, -0.1) is 0 Å². The minimum atomic E-state index is 0.740. The molecule has 0 heteroatoms. The zero-order valence-corrected chi connectivity index (χ0v) is 8.48. The van der Waals surface area contributed by atoms with Crippen LogP contribution < -0.4 is 0 Å². The Labute approximate surface area is 71.4 Å². The van der Waals surface area contributed by atoms with Crippen LogP contribution in [0.25, 0.3) is 0 Å². The van der Waals surface area contributed by atoms with Crippen molar-refractivity contribution in [1.29, 1.82) is 0 Å². The van der Waals surface area contributed by atoms with E-state index in [9.17, 15) is 0 Å². The van der Waals surface area contributed by atoms with Gasteiger partial charge in [-0.1, -0.05) is 40.5 Å². The van der Waals surface area contributed by atoms with E-state index < -0.39 is 0 Å². The molecule has 66 valence electrons. The molecular formula is C11H22. The summed E-state index contributed by atoms with van der Waals surface area (Å²) in [5.41, 5.74) is 0.740. The fourth-order valence-corrected chi connectivity index (χ4v) is 2.35. The minimum absolute atomic E-state index is 0.740. The second-order valence-electron chi connectivity index (χ2n) is 4.81. The Balaban J connectivity index is 2.25. The van der Waals surface area contributed by atoms with Crippen LogP contribution in [0.4, 0.5) is 0 Å². The molecule has 2 unspecified atom stereocenters. The summed E-state index contributed by atoms with van der Waals surface area (Å²) in [7, 11) is 0. The Morgan fingerprint density at radius 3 is 2.45 bits per heavy atom. The van der Waals surface area contributed by atoms with E-state index in [1.165, 1.54) is 25.7 Å². The first-order valence-corrected chi connectivity index (χ1v) is 5.10. The summed E-state index contributed by atoms with van der Waals surface area (Å²) in [6.45, 7) is 9.48. The van der Waals surface area contributed by atoms with Crippen molar-refractivity contribution < 1.29 is 0 Å². The Bertz CT molecular complexity index is 126. The van der Waals surface area contributed by atoms with Crippen molar-refractivity contribution in [3.05, 3.63) is 0 Å². The highest BCUT2D eigenvalue weighted by Gasteiger charge is 2.49. The summed E-state index contributed by atoms with van der Waals surface area (Å²) in [5.74, 6) is 1.95. The van der Waals surface area contributed by atoms with Gasteiger partial charge < -0.3 is 0 Å². The van der Waals surface area contributed by atoms with Gasteiger partial charge in [0, 0.05) is 0 Å². The third-order valence-electron chi connectivity index (χ3n) is 3.33. The predicted molar refractivity (Wildman–Crippen MR) is 50.6 cm³/mol. The van der Waals surface area contributed by atoms with Crippen molar-refractivity contribution in [3.8, 4) is 0 Å². The first kappa shape index (κ1) is 9.09. The average molecular weight is 154 g/mol. The van der Waals surface area contributed by atoms with Gasteiger partial charge in [-0.3, -0.25) is 0 Å². The Hall–Kier alpha value is 0. The van der Waals surface area contributed by atoms with Crippen molar-refractivity contribution in [2.24, 2.45) is 17.3 Å². The van der Waals surface area contributed by atoms with Gasteiger partial charge in [0.15, 0.2) is 0 Å². The van der Waals surface area contributed by atoms with E-state index in [-0.39, 0.29) is 0 Å². The van der Waals surface area contributed by atoms with E-state index >= 15 is 0 Å². The van der Waals surface area contributed by atoms with Gasteiger partial charge in [-0.05, 0) is 30.1 Å². The molecule has 0 heterocycles. The number of rotatable bonds is 4. The molecule has 0 spiro atoms. The molecule has 0 N–H and O–H groups in total. The maximum absolute atomic E-state index is 2.47. The SMILES string of the molecule is CCCCC1(C)CC1C(C)C. The van der Waals surface area contributed by atoms with Crippen LogP contribution in [0.15, 0.2) is 0 Å². The highest BCUT2D eigenvalue weighted by molar-refractivity contribution is 4.99. The van der Waals surface area contributed by atoms with Crippen molar-refractivity contribution in [2.45, 2.75) is 53.4 Å². The maximum Gasteiger partial charge on any atom is -0.0292 e. The monoisotopic (exact) mass is 154 g/mol. The molecule has 0 bridgehead atoms.